The number of hydrogen-bond acceptors (Lipinski definition) is 5. The van der Waals surface area contributed by atoms with Gasteiger partial charge in [0, 0.05) is 38.2 Å². The van der Waals surface area contributed by atoms with Crippen molar-refractivity contribution in [3.63, 3.8) is 0 Å². The molecular weight excluding hydrogens is 328 g/mol. The Morgan fingerprint density at radius 3 is 2.62 bits per heavy atom. The van der Waals surface area contributed by atoms with E-state index < -0.39 is 9.84 Å². The average Bonchev–Trinajstić information content (AvgIpc) is 2.84. The van der Waals surface area contributed by atoms with Crippen molar-refractivity contribution < 1.29 is 17.9 Å². The first-order chi connectivity index (χ1) is 11.3. The number of ether oxygens (including phenoxy) is 1. The summed E-state index contributed by atoms with van der Waals surface area (Å²) in [6, 6.07) is 5.68. The Hall–Kier alpha value is -1.60. The van der Waals surface area contributed by atoms with Crippen LogP contribution in [0.25, 0.3) is 0 Å². The number of aryl methyl sites for hydroxylation is 1. The third-order valence-corrected chi connectivity index (χ3v) is 6.71. The normalized spacial score (nSPS) is 26.2. The van der Waals surface area contributed by atoms with E-state index in [0.717, 1.165) is 16.9 Å². The van der Waals surface area contributed by atoms with Gasteiger partial charge in [-0.3, -0.25) is 9.69 Å². The Balaban J connectivity index is 1.86. The molecule has 7 heteroatoms. The fraction of sp³-hybridized carbons (Fsp3) is 0.588. The van der Waals surface area contributed by atoms with Crippen LogP contribution in [0.2, 0.25) is 0 Å². The molecule has 2 heterocycles. The van der Waals surface area contributed by atoms with Gasteiger partial charge in [-0.25, -0.2) is 8.42 Å². The van der Waals surface area contributed by atoms with Crippen LogP contribution in [0.5, 0.6) is 5.75 Å². The summed E-state index contributed by atoms with van der Waals surface area (Å²) in [5.74, 6) is 0.963. The Bertz CT molecular complexity index is 747. The highest BCUT2D eigenvalue weighted by atomic mass is 32.2. The minimum absolute atomic E-state index is 0.0466. The summed E-state index contributed by atoms with van der Waals surface area (Å²) in [7, 11) is -1.46. The number of rotatable bonds is 3. The van der Waals surface area contributed by atoms with E-state index in [1.807, 2.05) is 25.1 Å². The second-order valence-electron chi connectivity index (χ2n) is 6.71. The molecule has 0 unspecified atom stereocenters. The first-order valence-electron chi connectivity index (χ1n) is 8.16. The highest BCUT2D eigenvalue weighted by Crippen LogP contribution is 2.30. The van der Waals surface area contributed by atoms with Crippen LogP contribution < -0.4 is 4.74 Å². The molecule has 2 aliphatic heterocycles. The van der Waals surface area contributed by atoms with E-state index in [9.17, 15) is 13.2 Å². The van der Waals surface area contributed by atoms with E-state index in [2.05, 4.69) is 4.90 Å². The van der Waals surface area contributed by atoms with Crippen molar-refractivity contribution in [1.29, 1.82) is 0 Å². The molecule has 2 aliphatic rings. The number of fused-ring (bicyclic) bond motifs is 1. The van der Waals surface area contributed by atoms with Crippen molar-refractivity contribution in [2.24, 2.45) is 0 Å². The maximum absolute atomic E-state index is 12.1. The number of amides is 1. The SMILES string of the molecule is COc1cc(C)ccc1CN1CCN(C(C)=O)[C@@H]2CS(=O)(=O)C[C@@H]21. The summed E-state index contributed by atoms with van der Waals surface area (Å²) in [6.45, 7) is 5.40. The van der Waals surface area contributed by atoms with Gasteiger partial charge in [0.2, 0.25) is 5.91 Å². The maximum atomic E-state index is 12.1. The second kappa shape index (κ2) is 6.37. The van der Waals surface area contributed by atoms with Gasteiger partial charge in [0.05, 0.1) is 24.7 Å². The van der Waals surface area contributed by atoms with Crippen LogP contribution in [-0.2, 0) is 21.2 Å². The molecule has 132 valence electrons. The van der Waals surface area contributed by atoms with E-state index in [-0.39, 0.29) is 29.5 Å². The summed E-state index contributed by atoms with van der Waals surface area (Å²) in [5.41, 5.74) is 2.17. The number of piperazine rings is 1. The maximum Gasteiger partial charge on any atom is 0.219 e. The predicted molar refractivity (Wildman–Crippen MR) is 91.8 cm³/mol. The summed E-state index contributed by atoms with van der Waals surface area (Å²) < 4.78 is 29.8. The van der Waals surface area contributed by atoms with Gasteiger partial charge in [0.1, 0.15) is 5.75 Å². The lowest BCUT2D eigenvalue weighted by Crippen LogP contribution is -2.59. The molecule has 6 nitrogen and oxygen atoms in total. The molecule has 0 N–H and O–H groups in total. The van der Waals surface area contributed by atoms with Gasteiger partial charge in [0.25, 0.3) is 0 Å². The minimum Gasteiger partial charge on any atom is -0.496 e. The predicted octanol–water partition coefficient (Wildman–Crippen LogP) is 0.833. The molecule has 2 atom stereocenters. The summed E-state index contributed by atoms with van der Waals surface area (Å²) in [6.07, 6.45) is 0. The first-order valence-corrected chi connectivity index (χ1v) is 9.98. The molecule has 0 saturated carbocycles. The van der Waals surface area contributed by atoms with E-state index in [4.69, 9.17) is 4.74 Å². The molecule has 1 aromatic carbocycles. The van der Waals surface area contributed by atoms with Gasteiger partial charge in [-0.2, -0.15) is 0 Å². The lowest BCUT2D eigenvalue weighted by molar-refractivity contribution is -0.134. The zero-order valence-corrected chi connectivity index (χ0v) is 15.2. The molecule has 24 heavy (non-hydrogen) atoms. The lowest BCUT2D eigenvalue weighted by Gasteiger charge is -2.43. The van der Waals surface area contributed by atoms with Crippen molar-refractivity contribution in [2.75, 3.05) is 31.7 Å². The van der Waals surface area contributed by atoms with Crippen molar-refractivity contribution in [1.82, 2.24) is 9.80 Å². The fourth-order valence-electron chi connectivity index (χ4n) is 3.81. The highest BCUT2D eigenvalue weighted by Gasteiger charge is 2.47. The summed E-state index contributed by atoms with van der Waals surface area (Å²) in [5, 5.41) is 0. The molecule has 1 amide bonds. The van der Waals surface area contributed by atoms with Crippen LogP contribution in [-0.4, -0.2) is 67.9 Å². The van der Waals surface area contributed by atoms with Crippen LogP contribution in [0.1, 0.15) is 18.1 Å². The Morgan fingerprint density at radius 2 is 1.96 bits per heavy atom. The van der Waals surface area contributed by atoms with Crippen LogP contribution in [0.4, 0.5) is 0 Å². The average molecular weight is 352 g/mol. The monoisotopic (exact) mass is 352 g/mol. The van der Waals surface area contributed by atoms with Gasteiger partial charge in [-0.05, 0) is 18.6 Å². The molecule has 2 saturated heterocycles. The minimum atomic E-state index is -3.11. The standard InChI is InChI=1S/C17H24N2O4S/c1-12-4-5-14(17(8-12)23-3)9-18-6-7-19(13(2)20)16-11-24(21,22)10-15(16)18/h4-5,8,15-16H,6-7,9-11H2,1-3H3/t15-,16+/m0/s1. The number of carbonyl (C=O) groups excluding carboxylic acids is 1. The molecule has 0 aromatic heterocycles. The van der Waals surface area contributed by atoms with Crippen molar-refractivity contribution in [3.8, 4) is 5.75 Å². The quantitative estimate of drug-likeness (QED) is 0.806. The Labute approximate surface area is 143 Å². The summed E-state index contributed by atoms with van der Waals surface area (Å²) in [4.78, 5) is 15.8. The van der Waals surface area contributed by atoms with Crippen molar-refractivity contribution in [3.05, 3.63) is 29.3 Å². The second-order valence-corrected chi connectivity index (χ2v) is 8.86. The van der Waals surface area contributed by atoms with E-state index in [1.165, 1.54) is 6.92 Å². The molecule has 0 aliphatic carbocycles. The zero-order valence-electron chi connectivity index (χ0n) is 14.4. The molecule has 1 aromatic rings. The number of methoxy groups -OCH3 is 1. The molecule has 0 bridgehead atoms. The zero-order chi connectivity index (χ0) is 17.5. The van der Waals surface area contributed by atoms with Crippen molar-refractivity contribution in [2.45, 2.75) is 32.5 Å². The number of hydrogen-bond donors (Lipinski definition) is 0. The topological polar surface area (TPSA) is 66.9 Å². The largest absolute Gasteiger partial charge is 0.496 e. The van der Waals surface area contributed by atoms with E-state index in [1.54, 1.807) is 12.0 Å². The Kier molecular flexibility index (Phi) is 4.57. The van der Waals surface area contributed by atoms with Gasteiger partial charge < -0.3 is 9.64 Å². The van der Waals surface area contributed by atoms with Crippen LogP contribution in [0.3, 0.4) is 0 Å². The lowest BCUT2D eigenvalue weighted by atomic mass is 10.0. The van der Waals surface area contributed by atoms with Gasteiger partial charge >= 0.3 is 0 Å². The third-order valence-electron chi connectivity index (χ3n) is 5.01. The Morgan fingerprint density at radius 1 is 1.25 bits per heavy atom. The van der Waals surface area contributed by atoms with Gasteiger partial charge in [-0.15, -0.1) is 0 Å². The summed E-state index contributed by atoms with van der Waals surface area (Å²) >= 11 is 0. The van der Waals surface area contributed by atoms with Crippen LogP contribution in [0.15, 0.2) is 18.2 Å². The number of nitrogens with zero attached hydrogens (tertiary/aromatic N) is 2. The number of carbonyl (C=O) groups is 1. The number of sulfone groups is 1. The molecule has 0 radical (unpaired) electrons. The van der Waals surface area contributed by atoms with Crippen LogP contribution in [0, 0.1) is 6.92 Å². The van der Waals surface area contributed by atoms with Gasteiger partial charge in [0.15, 0.2) is 9.84 Å². The fourth-order valence-corrected chi connectivity index (χ4v) is 5.83. The van der Waals surface area contributed by atoms with Gasteiger partial charge in [-0.1, -0.05) is 12.1 Å². The van der Waals surface area contributed by atoms with E-state index in [0.29, 0.717) is 19.6 Å². The highest BCUT2D eigenvalue weighted by molar-refractivity contribution is 7.91. The molecular formula is C17H24N2O4S. The molecule has 2 fully saturated rings. The van der Waals surface area contributed by atoms with E-state index >= 15 is 0 Å². The third kappa shape index (κ3) is 3.28. The van der Waals surface area contributed by atoms with Crippen LogP contribution >= 0.6 is 0 Å². The van der Waals surface area contributed by atoms with Crippen molar-refractivity contribution >= 4 is 15.7 Å². The first kappa shape index (κ1) is 17.2. The molecule has 0 spiro atoms. The molecule has 3 rings (SSSR count). The smallest absolute Gasteiger partial charge is 0.219 e. The number of benzene rings is 1.